The molecule has 6 heteroatoms. The molecule has 2 saturated heterocycles. The number of β-amino-alcohol motifs (C(OH)–C–C–N with tert-alkyl or cyclic N) is 1. The van der Waals surface area contributed by atoms with Gasteiger partial charge in [-0.1, -0.05) is 0 Å². The Morgan fingerprint density at radius 3 is 2.39 bits per heavy atom. The average molecular weight is 255 g/mol. The van der Waals surface area contributed by atoms with E-state index in [-0.39, 0.29) is 24.0 Å². The summed E-state index contributed by atoms with van der Waals surface area (Å²) < 4.78 is 0. The van der Waals surface area contributed by atoms with E-state index in [0.29, 0.717) is 19.6 Å². The number of urea groups is 1. The molecular formula is C12H21N3O3. The Morgan fingerprint density at radius 1 is 1.17 bits per heavy atom. The molecule has 2 aliphatic heterocycles. The van der Waals surface area contributed by atoms with Crippen molar-refractivity contribution in [2.45, 2.75) is 18.9 Å². The Bertz CT molecular complexity index is 339. The fourth-order valence-electron chi connectivity index (χ4n) is 2.53. The van der Waals surface area contributed by atoms with Crippen molar-refractivity contribution in [3.05, 3.63) is 0 Å². The molecule has 6 nitrogen and oxygen atoms in total. The molecule has 18 heavy (non-hydrogen) atoms. The van der Waals surface area contributed by atoms with E-state index in [0.717, 1.165) is 19.4 Å². The summed E-state index contributed by atoms with van der Waals surface area (Å²) in [5, 5.41) is 9.21. The van der Waals surface area contributed by atoms with Crippen molar-refractivity contribution < 1.29 is 14.7 Å². The van der Waals surface area contributed by atoms with Crippen LogP contribution in [0.25, 0.3) is 0 Å². The molecule has 0 aromatic carbocycles. The lowest BCUT2D eigenvalue weighted by molar-refractivity contribution is -0.147. The van der Waals surface area contributed by atoms with Crippen molar-refractivity contribution in [2.24, 2.45) is 5.92 Å². The Kier molecular flexibility index (Phi) is 3.75. The Morgan fingerprint density at radius 2 is 1.83 bits per heavy atom. The van der Waals surface area contributed by atoms with Gasteiger partial charge in [-0.15, -0.1) is 0 Å². The number of carbonyl (C=O) groups is 2. The number of aliphatic hydroxyl groups excluding tert-OH is 1. The van der Waals surface area contributed by atoms with Crippen molar-refractivity contribution in [2.75, 3.05) is 40.3 Å². The second-order valence-corrected chi connectivity index (χ2v) is 5.36. The van der Waals surface area contributed by atoms with Gasteiger partial charge < -0.3 is 19.8 Å². The summed E-state index contributed by atoms with van der Waals surface area (Å²) in [4.78, 5) is 28.9. The topological polar surface area (TPSA) is 64.1 Å². The number of amides is 3. The van der Waals surface area contributed by atoms with Crippen LogP contribution in [0.1, 0.15) is 12.8 Å². The summed E-state index contributed by atoms with van der Waals surface area (Å²) in [5.74, 6) is -0.0216. The quantitative estimate of drug-likeness (QED) is 0.692. The lowest BCUT2D eigenvalue weighted by Gasteiger charge is -2.41. The van der Waals surface area contributed by atoms with Gasteiger partial charge in [-0.05, 0) is 12.8 Å². The molecule has 0 saturated carbocycles. The summed E-state index contributed by atoms with van der Waals surface area (Å²) in [7, 11) is 3.44. The normalized spacial score (nSPS) is 24.7. The summed E-state index contributed by atoms with van der Waals surface area (Å²) in [6, 6.07) is -0.0313. The number of nitrogens with zero attached hydrogens (tertiary/aromatic N) is 3. The van der Waals surface area contributed by atoms with Crippen LogP contribution in [0.4, 0.5) is 4.79 Å². The predicted molar refractivity (Wildman–Crippen MR) is 66.0 cm³/mol. The van der Waals surface area contributed by atoms with E-state index >= 15 is 0 Å². The molecule has 2 heterocycles. The van der Waals surface area contributed by atoms with Crippen molar-refractivity contribution in [1.29, 1.82) is 0 Å². The van der Waals surface area contributed by atoms with Gasteiger partial charge in [0, 0.05) is 40.3 Å². The van der Waals surface area contributed by atoms with Crippen LogP contribution in [0, 0.1) is 5.92 Å². The summed E-state index contributed by atoms with van der Waals surface area (Å²) in [6.45, 7) is 2.11. The Balaban J connectivity index is 1.90. The zero-order chi connectivity index (χ0) is 13.3. The van der Waals surface area contributed by atoms with Gasteiger partial charge in [0.2, 0.25) is 5.91 Å². The maximum Gasteiger partial charge on any atom is 0.319 e. The highest BCUT2D eigenvalue weighted by Crippen LogP contribution is 2.22. The highest BCUT2D eigenvalue weighted by Gasteiger charge is 2.36. The van der Waals surface area contributed by atoms with Crippen LogP contribution < -0.4 is 0 Å². The zero-order valence-electron chi connectivity index (χ0n) is 11.0. The number of carbonyl (C=O) groups excluding carboxylic acids is 2. The first-order valence-electron chi connectivity index (χ1n) is 6.42. The number of likely N-dealkylation sites (tertiary alicyclic amines) is 2. The molecule has 0 radical (unpaired) electrons. The summed E-state index contributed by atoms with van der Waals surface area (Å²) in [5.41, 5.74) is 0. The van der Waals surface area contributed by atoms with Gasteiger partial charge in [0.25, 0.3) is 0 Å². The van der Waals surface area contributed by atoms with Gasteiger partial charge in [0.15, 0.2) is 0 Å². The molecule has 2 rings (SSSR count). The lowest BCUT2D eigenvalue weighted by atomic mass is 9.95. The van der Waals surface area contributed by atoms with E-state index in [1.807, 2.05) is 0 Å². The maximum absolute atomic E-state index is 12.1. The third-order valence-corrected chi connectivity index (χ3v) is 3.60. The number of aliphatic hydroxyl groups is 1. The fourth-order valence-corrected chi connectivity index (χ4v) is 2.53. The minimum atomic E-state index is -0.364. The molecule has 2 aliphatic rings. The third kappa shape index (κ3) is 2.58. The molecule has 3 amide bonds. The molecule has 2 fully saturated rings. The van der Waals surface area contributed by atoms with Crippen LogP contribution in [-0.4, -0.2) is 78.1 Å². The molecule has 0 aromatic heterocycles. The van der Waals surface area contributed by atoms with E-state index in [2.05, 4.69) is 0 Å². The van der Waals surface area contributed by atoms with Gasteiger partial charge >= 0.3 is 6.03 Å². The van der Waals surface area contributed by atoms with E-state index in [1.54, 1.807) is 28.8 Å². The minimum Gasteiger partial charge on any atom is -0.389 e. The molecule has 0 spiro atoms. The van der Waals surface area contributed by atoms with Crippen molar-refractivity contribution in [3.8, 4) is 0 Å². The number of rotatable bonds is 1. The van der Waals surface area contributed by atoms with Gasteiger partial charge in [-0.25, -0.2) is 4.79 Å². The van der Waals surface area contributed by atoms with Crippen molar-refractivity contribution in [3.63, 3.8) is 0 Å². The molecule has 0 aromatic rings. The van der Waals surface area contributed by atoms with Crippen molar-refractivity contribution in [1.82, 2.24) is 14.7 Å². The van der Waals surface area contributed by atoms with Crippen LogP contribution >= 0.6 is 0 Å². The minimum absolute atomic E-state index is 0.0313. The first kappa shape index (κ1) is 13.1. The van der Waals surface area contributed by atoms with Crippen LogP contribution in [0.5, 0.6) is 0 Å². The van der Waals surface area contributed by atoms with Crippen LogP contribution in [0.2, 0.25) is 0 Å². The van der Waals surface area contributed by atoms with Gasteiger partial charge in [0.05, 0.1) is 12.0 Å². The highest BCUT2D eigenvalue weighted by atomic mass is 16.3. The van der Waals surface area contributed by atoms with Gasteiger partial charge in [0.1, 0.15) is 0 Å². The molecule has 0 aliphatic carbocycles. The number of piperidine rings is 1. The molecule has 102 valence electrons. The van der Waals surface area contributed by atoms with Crippen LogP contribution in [0.3, 0.4) is 0 Å². The fraction of sp³-hybridized carbons (Fsp3) is 0.833. The first-order valence-corrected chi connectivity index (χ1v) is 6.42. The molecule has 1 N–H and O–H groups in total. The largest absolute Gasteiger partial charge is 0.389 e. The molecule has 1 atom stereocenters. The highest BCUT2D eigenvalue weighted by molar-refractivity contribution is 5.81. The molecule has 1 unspecified atom stereocenters. The van der Waals surface area contributed by atoms with E-state index in [9.17, 15) is 14.7 Å². The van der Waals surface area contributed by atoms with Crippen molar-refractivity contribution >= 4 is 11.9 Å². The second-order valence-electron chi connectivity index (χ2n) is 5.36. The molecular weight excluding hydrogens is 234 g/mol. The van der Waals surface area contributed by atoms with Crippen LogP contribution in [0.15, 0.2) is 0 Å². The maximum atomic E-state index is 12.1. The second kappa shape index (κ2) is 5.14. The smallest absolute Gasteiger partial charge is 0.319 e. The van der Waals surface area contributed by atoms with E-state index in [1.165, 1.54) is 0 Å². The summed E-state index contributed by atoms with van der Waals surface area (Å²) >= 11 is 0. The van der Waals surface area contributed by atoms with E-state index in [4.69, 9.17) is 0 Å². The van der Waals surface area contributed by atoms with E-state index < -0.39 is 0 Å². The number of hydrogen-bond donors (Lipinski definition) is 1. The van der Waals surface area contributed by atoms with Gasteiger partial charge in [-0.3, -0.25) is 4.79 Å². The third-order valence-electron chi connectivity index (χ3n) is 3.60. The standard InChI is InChI=1S/C12H21N3O3/c1-13(2)12(18)14-5-3-4-9(6-14)11(17)15-7-10(16)8-15/h9-10,16H,3-8H2,1-2H3. The van der Waals surface area contributed by atoms with Crippen LogP contribution in [-0.2, 0) is 4.79 Å². The monoisotopic (exact) mass is 255 g/mol. The molecule has 0 bridgehead atoms. The summed E-state index contributed by atoms with van der Waals surface area (Å²) in [6.07, 6.45) is 1.34. The Labute approximate surface area is 107 Å². The predicted octanol–water partition coefficient (Wildman–Crippen LogP) is -0.417. The average Bonchev–Trinajstić information content (AvgIpc) is 2.33. The SMILES string of the molecule is CN(C)C(=O)N1CCCC(C(=O)N2CC(O)C2)C1. The Hall–Kier alpha value is -1.30. The lowest BCUT2D eigenvalue weighted by Crippen LogP contribution is -2.57. The zero-order valence-corrected chi connectivity index (χ0v) is 11.0. The first-order chi connectivity index (χ1) is 8.49. The number of hydrogen-bond acceptors (Lipinski definition) is 3. The van der Waals surface area contributed by atoms with Gasteiger partial charge in [-0.2, -0.15) is 0 Å².